The van der Waals surface area contributed by atoms with Gasteiger partial charge >= 0.3 is 11.9 Å². The van der Waals surface area contributed by atoms with Crippen LogP contribution in [0.3, 0.4) is 0 Å². The van der Waals surface area contributed by atoms with Crippen LogP contribution in [0.5, 0.6) is 0 Å². The average molecular weight is 488 g/mol. The van der Waals surface area contributed by atoms with E-state index in [0.29, 0.717) is 11.6 Å². The van der Waals surface area contributed by atoms with Crippen molar-refractivity contribution in [2.24, 2.45) is 0 Å². The molecule has 31 heavy (non-hydrogen) atoms. The van der Waals surface area contributed by atoms with E-state index in [-0.39, 0.29) is 19.0 Å². The summed E-state index contributed by atoms with van der Waals surface area (Å²) < 4.78 is 4.48. The molecule has 0 aliphatic carbocycles. The molecular weight excluding hydrogens is 471 g/mol. The summed E-state index contributed by atoms with van der Waals surface area (Å²) in [6, 6.07) is 9.26. The van der Waals surface area contributed by atoms with Crippen LogP contribution >= 0.6 is 34.8 Å². The van der Waals surface area contributed by atoms with Crippen LogP contribution in [-0.4, -0.2) is 42.1 Å². The van der Waals surface area contributed by atoms with Crippen molar-refractivity contribution in [3.05, 3.63) is 58.7 Å². The van der Waals surface area contributed by atoms with Gasteiger partial charge in [0.15, 0.2) is 12.0 Å². The lowest BCUT2D eigenvalue weighted by atomic mass is 10.1. The fourth-order valence-electron chi connectivity index (χ4n) is 2.84. The van der Waals surface area contributed by atoms with Crippen LogP contribution in [0.25, 0.3) is 10.8 Å². The molecule has 0 aliphatic rings. The zero-order valence-electron chi connectivity index (χ0n) is 16.1. The van der Waals surface area contributed by atoms with Crippen LogP contribution in [0, 0.1) is 17.0 Å². The first-order chi connectivity index (χ1) is 14.7. The van der Waals surface area contributed by atoms with Crippen LogP contribution in [0.15, 0.2) is 42.7 Å². The lowest BCUT2D eigenvalue weighted by Gasteiger charge is -2.27. The van der Waals surface area contributed by atoms with E-state index in [1.807, 2.05) is 30.3 Å². The van der Waals surface area contributed by atoms with E-state index in [0.717, 1.165) is 17.0 Å². The standard InChI is InChI=1S/C18H17Cl3N6O4/c1-11-23-10-14(27(29)30)26(11)8-9-31-17(28)25-16(18(19,20)21)24-15-13-5-3-2-4-12(13)6-7-22-15/h2-7,10,16H,8-9H2,1H3,(H,22,24)(H,25,28). The topological polar surface area (TPSA) is 124 Å². The first kappa shape index (κ1) is 22.9. The molecule has 2 heterocycles. The second-order valence-corrected chi connectivity index (χ2v) is 8.72. The lowest BCUT2D eigenvalue weighted by Crippen LogP contribution is -2.49. The van der Waals surface area contributed by atoms with Gasteiger partial charge in [-0.25, -0.2) is 19.3 Å². The number of nitro groups is 1. The molecule has 0 saturated heterocycles. The summed E-state index contributed by atoms with van der Waals surface area (Å²) in [6.45, 7) is 1.47. The molecule has 0 spiro atoms. The molecule has 2 aromatic heterocycles. The van der Waals surface area contributed by atoms with Crippen molar-refractivity contribution >= 4 is 63.3 Å². The van der Waals surface area contributed by atoms with Gasteiger partial charge in [0, 0.05) is 18.5 Å². The number of amides is 1. The Hall–Kier alpha value is -2.82. The summed E-state index contributed by atoms with van der Waals surface area (Å²) in [6.07, 6.45) is 0.658. The number of aromatic nitrogens is 3. The molecular formula is C18H17Cl3N6O4. The number of carbonyl (C=O) groups is 1. The van der Waals surface area contributed by atoms with Crippen molar-refractivity contribution in [3.63, 3.8) is 0 Å². The minimum absolute atomic E-state index is 0.0340. The highest BCUT2D eigenvalue weighted by Gasteiger charge is 2.35. The molecule has 1 atom stereocenters. The molecule has 0 radical (unpaired) electrons. The normalized spacial score (nSPS) is 12.4. The number of benzene rings is 1. The number of aryl methyl sites for hydroxylation is 1. The fourth-order valence-corrected chi connectivity index (χ4v) is 3.17. The molecule has 1 aromatic carbocycles. The number of anilines is 1. The van der Waals surface area contributed by atoms with Crippen molar-refractivity contribution in [2.45, 2.75) is 23.4 Å². The summed E-state index contributed by atoms with van der Waals surface area (Å²) in [7, 11) is 0. The van der Waals surface area contributed by atoms with Gasteiger partial charge in [0.2, 0.25) is 3.79 Å². The number of halogens is 3. The summed E-state index contributed by atoms with van der Waals surface area (Å²) in [5.74, 6) is 0.613. The van der Waals surface area contributed by atoms with Gasteiger partial charge in [-0.3, -0.25) is 5.32 Å². The quantitative estimate of drug-likeness (QED) is 0.222. The van der Waals surface area contributed by atoms with Crippen molar-refractivity contribution in [1.82, 2.24) is 19.9 Å². The second kappa shape index (κ2) is 9.54. The summed E-state index contributed by atoms with van der Waals surface area (Å²) >= 11 is 18.1. The zero-order valence-corrected chi connectivity index (χ0v) is 18.4. The fraction of sp³-hybridized carbons (Fsp3) is 0.278. The number of ether oxygens (including phenoxy) is 1. The Morgan fingerprint density at radius 1 is 1.29 bits per heavy atom. The number of fused-ring (bicyclic) bond motifs is 1. The Morgan fingerprint density at radius 3 is 2.74 bits per heavy atom. The molecule has 1 unspecified atom stereocenters. The molecule has 3 rings (SSSR count). The van der Waals surface area contributed by atoms with Crippen LogP contribution in [0.2, 0.25) is 0 Å². The van der Waals surface area contributed by atoms with Crippen LogP contribution in [0.1, 0.15) is 5.82 Å². The van der Waals surface area contributed by atoms with E-state index in [9.17, 15) is 14.9 Å². The minimum Gasteiger partial charge on any atom is -0.445 e. The van der Waals surface area contributed by atoms with Crippen LogP contribution < -0.4 is 10.6 Å². The van der Waals surface area contributed by atoms with E-state index in [4.69, 9.17) is 39.5 Å². The number of hydrogen-bond donors (Lipinski definition) is 2. The second-order valence-electron chi connectivity index (χ2n) is 6.35. The van der Waals surface area contributed by atoms with Crippen molar-refractivity contribution in [3.8, 4) is 0 Å². The zero-order chi connectivity index (χ0) is 22.6. The maximum Gasteiger partial charge on any atom is 0.409 e. The number of alkyl carbamates (subject to hydrolysis) is 1. The Labute approximate surface area is 191 Å². The molecule has 0 bridgehead atoms. The van der Waals surface area contributed by atoms with Crippen LogP contribution in [-0.2, 0) is 11.3 Å². The Bertz CT molecular complexity index is 1100. The van der Waals surface area contributed by atoms with Gasteiger partial charge in [-0.2, -0.15) is 0 Å². The van der Waals surface area contributed by atoms with E-state index in [2.05, 4.69) is 20.6 Å². The maximum absolute atomic E-state index is 12.3. The van der Waals surface area contributed by atoms with Gasteiger partial charge in [0.1, 0.15) is 25.2 Å². The third-order valence-corrected chi connectivity index (χ3v) is 4.97. The molecule has 13 heteroatoms. The number of hydrogen-bond acceptors (Lipinski definition) is 7. The summed E-state index contributed by atoms with van der Waals surface area (Å²) in [5, 5.41) is 18.0. The largest absolute Gasteiger partial charge is 0.445 e. The van der Waals surface area contributed by atoms with Gasteiger partial charge in [0.05, 0.1) is 0 Å². The van der Waals surface area contributed by atoms with Crippen molar-refractivity contribution in [1.29, 1.82) is 0 Å². The molecule has 0 saturated carbocycles. The Balaban J connectivity index is 1.65. The monoisotopic (exact) mass is 486 g/mol. The molecule has 3 aromatic rings. The first-order valence-corrected chi connectivity index (χ1v) is 10.1. The van der Waals surface area contributed by atoms with Crippen LogP contribution in [0.4, 0.5) is 16.4 Å². The highest BCUT2D eigenvalue weighted by molar-refractivity contribution is 6.68. The van der Waals surface area contributed by atoms with Gasteiger partial charge < -0.3 is 20.2 Å². The predicted molar refractivity (Wildman–Crippen MR) is 118 cm³/mol. The number of alkyl halides is 3. The third kappa shape index (κ3) is 5.66. The Kier molecular flexibility index (Phi) is 7.04. The average Bonchev–Trinajstić information content (AvgIpc) is 3.08. The van der Waals surface area contributed by atoms with E-state index in [1.165, 1.54) is 4.57 Å². The van der Waals surface area contributed by atoms with Gasteiger partial charge in [-0.05, 0) is 16.4 Å². The van der Waals surface area contributed by atoms with E-state index < -0.39 is 21.0 Å². The Morgan fingerprint density at radius 2 is 2.03 bits per heavy atom. The molecule has 10 nitrogen and oxygen atoms in total. The number of pyridine rings is 1. The number of imidazole rings is 1. The van der Waals surface area contributed by atoms with Gasteiger partial charge in [-0.15, -0.1) is 0 Å². The highest BCUT2D eigenvalue weighted by Crippen LogP contribution is 2.32. The number of nitrogens with one attached hydrogen (secondary N) is 2. The SMILES string of the molecule is Cc1ncc([N+](=O)[O-])n1CCOC(=O)NC(Nc1nccc2ccccc12)C(Cl)(Cl)Cl. The smallest absolute Gasteiger partial charge is 0.409 e. The molecule has 0 fully saturated rings. The summed E-state index contributed by atoms with van der Waals surface area (Å²) in [5.41, 5.74) is 0. The molecule has 2 N–H and O–H groups in total. The summed E-state index contributed by atoms with van der Waals surface area (Å²) in [4.78, 5) is 30.8. The third-order valence-electron chi connectivity index (χ3n) is 4.31. The van der Waals surface area contributed by atoms with Gasteiger partial charge in [-0.1, -0.05) is 59.1 Å². The van der Waals surface area contributed by atoms with Crippen molar-refractivity contribution < 1.29 is 14.5 Å². The van der Waals surface area contributed by atoms with E-state index in [1.54, 1.807) is 13.1 Å². The number of nitrogens with zero attached hydrogens (tertiary/aromatic N) is 4. The first-order valence-electron chi connectivity index (χ1n) is 8.93. The van der Waals surface area contributed by atoms with E-state index >= 15 is 0 Å². The number of rotatable bonds is 7. The van der Waals surface area contributed by atoms with Gasteiger partial charge in [0.25, 0.3) is 0 Å². The number of carbonyl (C=O) groups excluding carboxylic acids is 1. The maximum atomic E-state index is 12.3. The molecule has 164 valence electrons. The lowest BCUT2D eigenvalue weighted by molar-refractivity contribution is -0.392. The molecule has 0 aliphatic heterocycles. The predicted octanol–water partition coefficient (Wildman–Crippen LogP) is 4.18. The van der Waals surface area contributed by atoms with Crippen molar-refractivity contribution in [2.75, 3.05) is 11.9 Å². The molecule has 1 amide bonds. The minimum atomic E-state index is -1.93. The highest BCUT2D eigenvalue weighted by atomic mass is 35.6.